The second-order valence-electron chi connectivity index (χ2n) is 6.06. The van der Waals surface area contributed by atoms with Crippen LogP contribution in [0.2, 0.25) is 0 Å². The normalized spacial score (nSPS) is 15.3. The summed E-state index contributed by atoms with van der Waals surface area (Å²) in [6.07, 6.45) is 4.94. The number of fused-ring (bicyclic) bond motifs is 1. The van der Waals surface area contributed by atoms with Crippen molar-refractivity contribution in [2.45, 2.75) is 18.9 Å². The van der Waals surface area contributed by atoms with Gasteiger partial charge in [-0.05, 0) is 37.1 Å². The number of nitrogens with one attached hydrogen (secondary N) is 1. The van der Waals surface area contributed by atoms with E-state index in [9.17, 15) is 4.79 Å². The summed E-state index contributed by atoms with van der Waals surface area (Å²) in [5.41, 5.74) is 1.94. The number of carbonyl (C=O) groups is 1. The number of anilines is 1. The molecular weight excluding hydrogens is 316 g/mol. The van der Waals surface area contributed by atoms with Gasteiger partial charge in [0, 0.05) is 25.3 Å². The molecule has 2 aromatic heterocycles. The molecule has 1 saturated heterocycles. The molecule has 1 aliphatic heterocycles. The molecule has 25 heavy (non-hydrogen) atoms. The zero-order valence-electron chi connectivity index (χ0n) is 13.7. The predicted octanol–water partition coefficient (Wildman–Crippen LogP) is 2.14. The van der Waals surface area contributed by atoms with Gasteiger partial charge in [0.05, 0.1) is 17.2 Å². The van der Waals surface area contributed by atoms with Crippen molar-refractivity contribution in [2.24, 2.45) is 0 Å². The zero-order valence-corrected chi connectivity index (χ0v) is 13.7. The molecule has 0 bridgehead atoms. The molecule has 0 unspecified atom stereocenters. The number of hydrogen-bond acceptors (Lipinski definition) is 6. The van der Waals surface area contributed by atoms with E-state index in [-0.39, 0.29) is 5.91 Å². The lowest BCUT2D eigenvalue weighted by Gasteiger charge is -2.32. The standard InChI is InChI=1S/C18H18N6O/c25-18(16-12-19-14-4-1-2-5-15(14)22-16)24-10-7-13(8-11-24)21-17-6-3-9-20-23-17/h1-6,9,12-13H,7-8,10-11H2,(H,21,23). The number of likely N-dealkylation sites (tertiary alicyclic amines) is 1. The van der Waals surface area contributed by atoms with Crippen molar-refractivity contribution in [3.63, 3.8) is 0 Å². The molecular formula is C18H18N6O. The van der Waals surface area contributed by atoms with E-state index in [0.29, 0.717) is 24.8 Å². The van der Waals surface area contributed by atoms with E-state index in [4.69, 9.17) is 0 Å². The van der Waals surface area contributed by atoms with Crippen LogP contribution in [-0.4, -0.2) is 50.1 Å². The molecule has 126 valence electrons. The summed E-state index contributed by atoms with van der Waals surface area (Å²) < 4.78 is 0. The van der Waals surface area contributed by atoms with Gasteiger partial charge in [-0.1, -0.05) is 12.1 Å². The number of nitrogens with zero attached hydrogens (tertiary/aromatic N) is 5. The Morgan fingerprint density at radius 2 is 1.88 bits per heavy atom. The average molecular weight is 334 g/mol. The molecule has 3 heterocycles. The van der Waals surface area contributed by atoms with Gasteiger partial charge in [-0.25, -0.2) is 4.98 Å². The fourth-order valence-electron chi connectivity index (χ4n) is 3.04. The third-order valence-electron chi connectivity index (χ3n) is 4.37. The molecule has 7 heteroatoms. The van der Waals surface area contributed by atoms with Crippen LogP contribution in [-0.2, 0) is 0 Å². The van der Waals surface area contributed by atoms with Gasteiger partial charge in [-0.2, -0.15) is 5.10 Å². The van der Waals surface area contributed by atoms with E-state index in [2.05, 4.69) is 25.5 Å². The summed E-state index contributed by atoms with van der Waals surface area (Å²) in [5, 5.41) is 11.3. The molecule has 1 aliphatic rings. The molecule has 4 rings (SSSR count). The summed E-state index contributed by atoms with van der Waals surface area (Å²) in [6.45, 7) is 1.37. The number of para-hydroxylation sites is 2. The van der Waals surface area contributed by atoms with Crippen LogP contribution in [0.4, 0.5) is 5.82 Å². The minimum Gasteiger partial charge on any atom is -0.366 e. The number of benzene rings is 1. The highest BCUT2D eigenvalue weighted by Gasteiger charge is 2.24. The maximum atomic E-state index is 12.7. The number of carbonyl (C=O) groups excluding carboxylic acids is 1. The van der Waals surface area contributed by atoms with E-state index >= 15 is 0 Å². The second kappa shape index (κ2) is 6.80. The van der Waals surface area contributed by atoms with Crippen LogP contribution in [0.3, 0.4) is 0 Å². The number of hydrogen-bond donors (Lipinski definition) is 1. The summed E-state index contributed by atoms with van der Waals surface area (Å²) in [7, 11) is 0. The molecule has 7 nitrogen and oxygen atoms in total. The summed E-state index contributed by atoms with van der Waals surface area (Å²) in [5.74, 6) is 0.712. The molecule has 0 saturated carbocycles. The van der Waals surface area contributed by atoms with Gasteiger partial charge in [0.15, 0.2) is 0 Å². The molecule has 0 radical (unpaired) electrons. The maximum absolute atomic E-state index is 12.7. The third kappa shape index (κ3) is 3.40. The van der Waals surface area contributed by atoms with Crippen molar-refractivity contribution >= 4 is 22.8 Å². The van der Waals surface area contributed by atoms with Crippen molar-refractivity contribution in [2.75, 3.05) is 18.4 Å². The van der Waals surface area contributed by atoms with Crippen LogP contribution < -0.4 is 5.32 Å². The summed E-state index contributed by atoms with van der Waals surface area (Å²) >= 11 is 0. The Hall–Kier alpha value is -3.09. The fraction of sp³-hybridized carbons (Fsp3) is 0.278. The van der Waals surface area contributed by atoms with Crippen LogP contribution in [0.15, 0.2) is 48.8 Å². The first-order chi connectivity index (χ1) is 12.3. The minimum absolute atomic E-state index is 0.0591. The minimum atomic E-state index is -0.0591. The Morgan fingerprint density at radius 3 is 2.64 bits per heavy atom. The predicted molar refractivity (Wildman–Crippen MR) is 94.1 cm³/mol. The van der Waals surface area contributed by atoms with Gasteiger partial charge >= 0.3 is 0 Å². The van der Waals surface area contributed by atoms with E-state index < -0.39 is 0 Å². The number of amides is 1. The molecule has 1 amide bonds. The van der Waals surface area contributed by atoms with E-state index in [1.165, 1.54) is 0 Å². The van der Waals surface area contributed by atoms with E-state index in [1.807, 2.05) is 41.3 Å². The molecule has 0 spiro atoms. The van der Waals surface area contributed by atoms with Crippen molar-refractivity contribution in [3.05, 3.63) is 54.5 Å². The lowest BCUT2D eigenvalue weighted by molar-refractivity contribution is 0.0712. The lowest BCUT2D eigenvalue weighted by Crippen LogP contribution is -2.42. The maximum Gasteiger partial charge on any atom is 0.274 e. The van der Waals surface area contributed by atoms with Crippen molar-refractivity contribution in [1.82, 2.24) is 25.1 Å². The summed E-state index contributed by atoms with van der Waals surface area (Å²) in [6, 6.07) is 11.6. The van der Waals surface area contributed by atoms with Gasteiger partial charge < -0.3 is 10.2 Å². The van der Waals surface area contributed by atoms with Gasteiger partial charge in [0.2, 0.25) is 0 Å². The fourth-order valence-corrected chi connectivity index (χ4v) is 3.04. The van der Waals surface area contributed by atoms with Crippen molar-refractivity contribution in [3.8, 4) is 0 Å². The SMILES string of the molecule is O=C(c1cnc2ccccc2n1)N1CCC(Nc2cccnn2)CC1. The number of piperidine rings is 1. The van der Waals surface area contributed by atoms with Crippen LogP contribution in [0.1, 0.15) is 23.3 Å². The zero-order chi connectivity index (χ0) is 17.1. The molecule has 0 atom stereocenters. The topological polar surface area (TPSA) is 83.9 Å². The number of aromatic nitrogens is 4. The smallest absolute Gasteiger partial charge is 0.274 e. The van der Waals surface area contributed by atoms with Crippen molar-refractivity contribution < 1.29 is 4.79 Å². The Balaban J connectivity index is 1.40. The first-order valence-electron chi connectivity index (χ1n) is 8.35. The monoisotopic (exact) mass is 334 g/mol. The molecule has 1 N–H and O–H groups in total. The van der Waals surface area contributed by atoms with Crippen LogP contribution in [0.5, 0.6) is 0 Å². The van der Waals surface area contributed by atoms with E-state index in [0.717, 1.165) is 29.7 Å². The first-order valence-corrected chi connectivity index (χ1v) is 8.35. The van der Waals surface area contributed by atoms with Gasteiger partial charge in [-0.15, -0.1) is 5.10 Å². The van der Waals surface area contributed by atoms with Crippen LogP contribution in [0, 0.1) is 0 Å². The van der Waals surface area contributed by atoms with Crippen LogP contribution in [0.25, 0.3) is 11.0 Å². The third-order valence-corrected chi connectivity index (χ3v) is 4.37. The molecule has 1 fully saturated rings. The van der Waals surface area contributed by atoms with E-state index in [1.54, 1.807) is 12.4 Å². The molecule has 0 aliphatic carbocycles. The highest BCUT2D eigenvalue weighted by molar-refractivity contribution is 5.93. The van der Waals surface area contributed by atoms with Crippen molar-refractivity contribution in [1.29, 1.82) is 0 Å². The highest BCUT2D eigenvalue weighted by atomic mass is 16.2. The van der Waals surface area contributed by atoms with Gasteiger partial charge in [0.1, 0.15) is 11.5 Å². The van der Waals surface area contributed by atoms with Gasteiger partial charge in [-0.3, -0.25) is 9.78 Å². The average Bonchev–Trinajstić information content (AvgIpc) is 2.68. The summed E-state index contributed by atoms with van der Waals surface area (Å²) in [4.78, 5) is 23.3. The molecule has 1 aromatic carbocycles. The Kier molecular flexibility index (Phi) is 4.20. The lowest BCUT2D eigenvalue weighted by atomic mass is 10.0. The first kappa shape index (κ1) is 15.4. The van der Waals surface area contributed by atoms with Crippen LogP contribution >= 0.6 is 0 Å². The quantitative estimate of drug-likeness (QED) is 0.790. The van der Waals surface area contributed by atoms with Gasteiger partial charge in [0.25, 0.3) is 5.91 Å². The second-order valence-corrected chi connectivity index (χ2v) is 6.06. The number of rotatable bonds is 3. The molecule has 3 aromatic rings. The highest BCUT2D eigenvalue weighted by Crippen LogP contribution is 2.17. The largest absolute Gasteiger partial charge is 0.366 e. The Labute approximate surface area is 145 Å². The Morgan fingerprint density at radius 1 is 1.08 bits per heavy atom. The Bertz CT molecular complexity index is 877.